The minimum absolute atomic E-state index is 0.164. The quantitative estimate of drug-likeness (QED) is 0.799. The van der Waals surface area contributed by atoms with Crippen molar-refractivity contribution in [2.75, 3.05) is 13.2 Å². The molecule has 2 heteroatoms. The summed E-state index contributed by atoms with van der Waals surface area (Å²) in [6.07, 6.45) is 7.20. The van der Waals surface area contributed by atoms with E-state index < -0.39 is 0 Å². The Kier molecular flexibility index (Phi) is 5.62. The summed E-state index contributed by atoms with van der Waals surface area (Å²) in [5.74, 6) is 0. The molecule has 2 rings (SSSR count). The van der Waals surface area contributed by atoms with Crippen LogP contribution in [0.4, 0.5) is 0 Å². The molecule has 0 radical (unpaired) electrons. The monoisotopic (exact) mass is 275 g/mol. The van der Waals surface area contributed by atoms with Crippen LogP contribution in [0.2, 0.25) is 0 Å². The van der Waals surface area contributed by atoms with E-state index in [1.807, 2.05) is 0 Å². The van der Waals surface area contributed by atoms with Gasteiger partial charge in [-0.15, -0.1) is 0 Å². The first-order valence-corrected chi connectivity index (χ1v) is 8.03. The van der Waals surface area contributed by atoms with E-state index in [1.54, 1.807) is 0 Å². The van der Waals surface area contributed by atoms with Crippen molar-refractivity contribution in [1.82, 2.24) is 5.32 Å². The molecular weight excluding hydrogens is 246 g/mol. The summed E-state index contributed by atoms with van der Waals surface area (Å²) in [5, 5.41) is 13.3. The highest BCUT2D eigenvalue weighted by Gasteiger charge is 2.32. The Balaban J connectivity index is 1.74. The molecule has 0 aromatic heterocycles. The van der Waals surface area contributed by atoms with Crippen LogP contribution in [-0.4, -0.2) is 24.3 Å². The Morgan fingerprint density at radius 3 is 2.70 bits per heavy atom. The lowest BCUT2D eigenvalue weighted by Crippen LogP contribution is -2.39. The fraction of sp³-hybridized carbons (Fsp3) is 0.667. The van der Waals surface area contributed by atoms with Gasteiger partial charge < -0.3 is 10.4 Å². The second-order valence-corrected chi connectivity index (χ2v) is 6.67. The third kappa shape index (κ3) is 4.32. The lowest BCUT2D eigenvalue weighted by atomic mass is 9.87. The Bertz CT molecular complexity index is 410. The van der Waals surface area contributed by atoms with Crippen molar-refractivity contribution < 1.29 is 5.11 Å². The topological polar surface area (TPSA) is 32.3 Å². The summed E-state index contributed by atoms with van der Waals surface area (Å²) in [4.78, 5) is 0. The van der Waals surface area contributed by atoms with Crippen molar-refractivity contribution in [2.24, 2.45) is 5.41 Å². The average molecular weight is 275 g/mol. The van der Waals surface area contributed by atoms with Crippen molar-refractivity contribution in [3.05, 3.63) is 35.4 Å². The molecule has 0 heterocycles. The van der Waals surface area contributed by atoms with Gasteiger partial charge in [-0.2, -0.15) is 0 Å². The van der Waals surface area contributed by atoms with Crippen LogP contribution in [0.25, 0.3) is 0 Å². The lowest BCUT2D eigenvalue weighted by molar-refractivity contribution is 0.125. The molecule has 0 aliphatic heterocycles. The van der Waals surface area contributed by atoms with Gasteiger partial charge >= 0.3 is 0 Å². The summed E-state index contributed by atoms with van der Waals surface area (Å²) >= 11 is 0. The maximum Gasteiger partial charge on any atom is 0.0499 e. The van der Waals surface area contributed by atoms with Crippen LogP contribution in [0, 0.1) is 12.3 Å². The average Bonchev–Trinajstić information content (AvgIpc) is 2.92. The molecule has 2 nitrogen and oxygen atoms in total. The van der Waals surface area contributed by atoms with E-state index in [4.69, 9.17) is 0 Å². The van der Waals surface area contributed by atoms with Crippen molar-refractivity contribution >= 4 is 0 Å². The standard InChI is InChI=1S/C18H29NO/c1-15-6-5-7-17(12-15)9-8-16(2)19-13-18(14-20)10-3-4-11-18/h5-7,12,16,19-20H,3-4,8-11,13-14H2,1-2H3. The summed E-state index contributed by atoms with van der Waals surface area (Å²) in [5.41, 5.74) is 2.93. The van der Waals surface area contributed by atoms with Crippen LogP contribution in [0.1, 0.15) is 50.2 Å². The molecule has 1 aliphatic rings. The Labute approximate surface area is 123 Å². The van der Waals surface area contributed by atoms with Crippen molar-refractivity contribution in [2.45, 2.75) is 58.4 Å². The van der Waals surface area contributed by atoms with Crippen molar-refractivity contribution in [3.63, 3.8) is 0 Å². The van der Waals surface area contributed by atoms with Gasteiger partial charge in [0, 0.05) is 24.6 Å². The number of hydrogen-bond donors (Lipinski definition) is 2. The van der Waals surface area contributed by atoms with Crippen LogP contribution in [-0.2, 0) is 6.42 Å². The van der Waals surface area contributed by atoms with Gasteiger partial charge in [-0.3, -0.25) is 0 Å². The van der Waals surface area contributed by atoms with Gasteiger partial charge in [-0.25, -0.2) is 0 Å². The third-order valence-electron chi connectivity index (χ3n) is 4.77. The first kappa shape index (κ1) is 15.5. The molecule has 1 fully saturated rings. The highest BCUT2D eigenvalue weighted by molar-refractivity contribution is 5.22. The summed E-state index contributed by atoms with van der Waals surface area (Å²) in [7, 11) is 0. The predicted octanol–water partition coefficient (Wildman–Crippen LogP) is 3.46. The Morgan fingerprint density at radius 2 is 2.05 bits per heavy atom. The third-order valence-corrected chi connectivity index (χ3v) is 4.77. The largest absolute Gasteiger partial charge is 0.396 e. The van der Waals surface area contributed by atoms with Crippen LogP contribution >= 0.6 is 0 Å². The molecule has 20 heavy (non-hydrogen) atoms. The molecule has 0 amide bonds. The van der Waals surface area contributed by atoms with E-state index in [0.29, 0.717) is 12.6 Å². The van der Waals surface area contributed by atoms with E-state index in [2.05, 4.69) is 43.4 Å². The second-order valence-electron chi connectivity index (χ2n) is 6.67. The van der Waals surface area contributed by atoms with Crippen LogP contribution < -0.4 is 5.32 Å². The molecule has 1 atom stereocenters. The van der Waals surface area contributed by atoms with E-state index in [1.165, 1.54) is 36.8 Å². The Morgan fingerprint density at radius 1 is 1.30 bits per heavy atom. The molecule has 2 N–H and O–H groups in total. The fourth-order valence-corrected chi connectivity index (χ4v) is 3.26. The van der Waals surface area contributed by atoms with E-state index in [-0.39, 0.29) is 5.41 Å². The summed E-state index contributed by atoms with van der Waals surface area (Å²) < 4.78 is 0. The first-order chi connectivity index (χ1) is 9.63. The molecule has 0 saturated heterocycles. The fourth-order valence-electron chi connectivity index (χ4n) is 3.26. The zero-order valence-electron chi connectivity index (χ0n) is 13.0. The number of aryl methyl sites for hydroxylation is 2. The highest BCUT2D eigenvalue weighted by atomic mass is 16.3. The normalized spacial score (nSPS) is 19.1. The van der Waals surface area contributed by atoms with Gasteiger partial charge in [0.2, 0.25) is 0 Å². The molecule has 112 valence electrons. The molecule has 1 aromatic carbocycles. The number of benzene rings is 1. The van der Waals surface area contributed by atoms with Crippen LogP contribution in [0.15, 0.2) is 24.3 Å². The Hall–Kier alpha value is -0.860. The molecular formula is C18H29NO. The zero-order valence-corrected chi connectivity index (χ0v) is 13.0. The van der Waals surface area contributed by atoms with Crippen molar-refractivity contribution in [3.8, 4) is 0 Å². The van der Waals surface area contributed by atoms with E-state index >= 15 is 0 Å². The summed E-state index contributed by atoms with van der Waals surface area (Å²) in [6, 6.07) is 9.29. The molecule has 1 unspecified atom stereocenters. The molecule has 0 bridgehead atoms. The SMILES string of the molecule is Cc1cccc(CCC(C)NCC2(CO)CCCC2)c1. The van der Waals surface area contributed by atoms with E-state index in [9.17, 15) is 5.11 Å². The van der Waals surface area contributed by atoms with Gasteiger partial charge in [0.05, 0.1) is 0 Å². The number of hydrogen-bond acceptors (Lipinski definition) is 2. The van der Waals surface area contributed by atoms with Gasteiger partial charge in [0.1, 0.15) is 0 Å². The minimum Gasteiger partial charge on any atom is -0.396 e. The maximum atomic E-state index is 9.63. The molecule has 1 aromatic rings. The van der Waals surface area contributed by atoms with Crippen LogP contribution in [0.5, 0.6) is 0 Å². The van der Waals surface area contributed by atoms with Crippen LogP contribution in [0.3, 0.4) is 0 Å². The van der Waals surface area contributed by atoms with Crippen molar-refractivity contribution in [1.29, 1.82) is 0 Å². The summed E-state index contributed by atoms with van der Waals surface area (Å²) in [6.45, 7) is 5.72. The number of nitrogens with one attached hydrogen (secondary N) is 1. The van der Waals surface area contributed by atoms with E-state index in [0.717, 1.165) is 19.4 Å². The first-order valence-electron chi connectivity index (χ1n) is 8.03. The predicted molar refractivity (Wildman–Crippen MR) is 85.0 cm³/mol. The molecule has 1 aliphatic carbocycles. The van der Waals surface area contributed by atoms with Gasteiger partial charge in [-0.1, -0.05) is 42.7 Å². The maximum absolute atomic E-state index is 9.63. The second kappa shape index (κ2) is 7.24. The van der Waals surface area contributed by atoms with Gasteiger partial charge in [0.25, 0.3) is 0 Å². The number of aliphatic hydroxyl groups is 1. The smallest absolute Gasteiger partial charge is 0.0499 e. The minimum atomic E-state index is 0.164. The van der Waals surface area contributed by atoms with Gasteiger partial charge in [0.15, 0.2) is 0 Å². The highest BCUT2D eigenvalue weighted by Crippen LogP contribution is 2.37. The molecule has 1 saturated carbocycles. The zero-order chi connectivity index (χ0) is 14.4. The number of aliphatic hydroxyl groups excluding tert-OH is 1. The molecule has 0 spiro atoms. The van der Waals surface area contributed by atoms with Gasteiger partial charge in [-0.05, 0) is 45.1 Å². The lowest BCUT2D eigenvalue weighted by Gasteiger charge is -2.28. The number of rotatable bonds is 7.